The fourth-order valence-electron chi connectivity index (χ4n) is 4.41. The van der Waals surface area contributed by atoms with Crippen molar-refractivity contribution in [2.45, 2.75) is 25.7 Å². The maximum absolute atomic E-state index is 13.7. The molecule has 2 amide bonds. The second-order valence-corrected chi connectivity index (χ2v) is 11.7. The van der Waals surface area contributed by atoms with Crippen LogP contribution in [0.25, 0.3) is 11.0 Å². The molecule has 4 aromatic heterocycles. The van der Waals surface area contributed by atoms with Gasteiger partial charge in [0, 0.05) is 49.2 Å². The Labute approximate surface area is 289 Å². The molecule has 0 atom stereocenters. The molecule has 17 heteroatoms. The van der Waals surface area contributed by atoms with E-state index in [9.17, 15) is 35.9 Å². The fourth-order valence-corrected chi connectivity index (χ4v) is 5.58. The number of imidazole rings is 2. The van der Waals surface area contributed by atoms with E-state index in [4.69, 9.17) is 0 Å². The standard InChI is InChI=1S/C13H7F3IN3.C13H8F3N3.C4H4INO2/c14-8-3-4-9(15)12(16)7(8)6-11-19-13(17)10-2-1-5-18-20(10)11;14-10-3-4-11(15)13(16)9(10)6-12-17-7-8-2-1-5-18-19(8)12;5-6-3(7)1-2-4(6)8/h1-5H,6H2;1-5,7H,6H2;1-2H2. The number of imide groups is 1. The Hall–Kier alpha value is -4.14. The topological polar surface area (TPSA) is 97.8 Å². The first-order valence-electron chi connectivity index (χ1n) is 13.5. The molecule has 1 saturated heterocycles. The van der Waals surface area contributed by atoms with Crippen LogP contribution in [-0.2, 0) is 22.4 Å². The van der Waals surface area contributed by atoms with Crippen LogP contribution >= 0.6 is 45.5 Å². The van der Waals surface area contributed by atoms with E-state index < -0.39 is 34.9 Å². The number of aromatic nitrogens is 6. The Morgan fingerprint density at radius 3 is 1.74 bits per heavy atom. The summed E-state index contributed by atoms with van der Waals surface area (Å²) in [7, 11) is 0. The van der Waals surface area contributed by atoms with Gasteiger partial charge in [0.2, 0.25) is 11.8 Å². The predicted octanol–water partition coefficient (Wildman–Crippen LogP) is 6.56. The second kappa shape index (κ2) is 14.7. The van der Waals surface area contributed by atoms with E-state index in [1.807, 2.05) is 22.6 Å². The van der Waals surface area contributed by atoms with Gasteiger partial charge in [-0.25, -0.2) is 48.5 Å². The van der Waals surface area contributed by atoms with Crippen molar-refractivity contribution in [3.05, 3.63) is 129 Å². The molecule has 0 aliphatic carbocycles. The third kappa shape index (κ3) is 7.55. The van der Waals surface area contributed by atoms with Crippen molar-refractivity contribution in [3.8, 4) is 0 Å². The van der Waals surface area contributed by atoms with E-state index in [1.54, 1.807) is 53.3 Å². The van der Waals surface area contributed by atoms with Crippen molar-refractivity contribution < 1.29 is 35.9 Å². The van der Waals surface area contributed by atoms with Crippen molar-refractivity contribution in [3.63, 3.8) is 0 Å². The molecule has 6 aromatic rings. The zero-order valence-corrected chi connectivity index (χ0v) is 28.0. The largest absolute Gasteiger partial charge is 0.274 e. The monoisotopic (exact) mass is 877 g/mol. The van der Waals surface area contributed by atoms with Gasteiger partial charge in [0.05, 0.1) is 40.1 Å². The van der Waals surface area contributed by atoms with E-state index in [1.165, 1.54) is 21.4 Å². The smallest absolute Gasteiger partial charge is 0.238 e. The van der Waals surface area contributed by atoms with E-state index in [-0.39, 0.29) is 35.8 Å². The minimum absolute atomic E-state index is 0.0735. The first kappa shape index (κ1) is 34.2. The van der Waals surface area contributed by atoms with Crippen LogP contribution in [0.1, 0.15) is 35.6 Å². The highest BCUT2D eigenvalue weighted by atomic mass is 127. The van der Waals surface area contributed by atoms with Gasteiger partial charge in [-0.3, -0.25) is 9.59 Å². The van der Waals surface area contributed by atoms with Crippen molar-refractivity contribution in [1.29, 1.82) is 0 Å². The Morgan fingerprint density at radius 1 is 0.681 bits per heavy atom. The highest BCUT2D eigenvalue weighted by Crippen LogP contribution is 2.22. The van der Waals surface area contributed by atoms with Crippen LogP contribution in [0.4, 0.5) is 26.3 Å². The molecule has 1 fully saturated rings. The van der Waals surface area contributed by atoms with Gasteiger partial charge in [-0.05, 0) is 71.1 Å². The molecule has 5 heterocycles. The SMILES string of the molecule is Fc1ccc(F)c(Cc2nc(I)c3cccnn23)c1F.Fc1ccc(F)c(Cc2ncc3cccnn23)c1F.O=C1CCC(=O)N1I. The summed E-state index contributed by atoms with van der Waals surface area (Å²) < 4.78 is 85.6. The minimum atomic E-state index is -1.19. The molecular weight excluding hydrogens is 858 g/mol. The summed E-state index contributed by atoms with van der Waals surface area (Å²) in [5.74, 6) is -5.58. The number of fused-ring (bicyclic) bond motifs is 2. The Kier molecular flexibility index (Phi) is 10.7. The number of carbonyl (C=O) groups excluding carboxylic acids is 2. The zero-order chi connectivity index (χ0) is 33.8. The van der Waals surface area contributed by atoms with Gasteiger partial charge in [-0.2, -0.15) is 10.2 Å². The fraction of sp³-hybridized carbons (Fsp3) is 0.133. The van der Waals surface area contributed by atoms with E-state index in [2.05, 4.69) is 20.2 Å². The molecule has 9 nitrogen and oxygen atoms in total. The first-order chi connectivity index (χ1) is 22.5. The molecule has 0 bridgehead atoms. The molecule has 7 rings (SSSR count). The number of carbonyl (C=O) groups is 2. The molecule has 0 radical (unpaired) electrons. The Morgan fingerprint density at radius 2 is 1.19 bits per heavy atom. The van der Waals surface area contributed by atoms with Crippen molar-refractivity contribution >= 4 is 68.3 Å². The number of rotatable bonds is 4. The second-order valence-electron chi connectivity index (χ2n) is 9.74. The maximum atomic E-state index is 13.7. The number of nitrogens with zero attached hydrogens (tertiary/aromatic N) is 7. The molecule has 0 N–H and O–H groups in total. The van der Waals surface area contributed by atoms with Crippen LogP contribution in [0.2, 0.25) is 0 Å². The number of hydrogen-bond donors (Lipinski definition) is 0. The van der Waals surface area contributed by atoms with Gasteiger partial charge in [0.25, 0.3) is 0 Å². The van der Waals surface area contributed by atoms with Crippen LogP contribution in [0.3, 0.4) is 0 Å². The molecular formula is C30H19F6I2N7O2. The highest BCUT2D eigenvalue weighted by molar-refractivity contribution is 14.1. The third-order valence-electron chi connectivity index (χ3n) is 6.74. The summed E-state index contributed by atoms with van der Waals surface area (Å²) in [5.41, 5.74) is 0.743. The lowest BCUT2D eigenvalue weighted by molar-refractivity contribution is -0.130. The molecule has 47 heavy (non-hydrogen) atoms. The lowest BCUT2D eigenvalue weighted by atomic mass is 10.1. The lowest BCUT2D eigenvalue weighted by Crippen LogP contribution is -2.16. The average Bonchev–Trinajstić information content (AvgIpc) is 3.73. The van der Waals surface area contributed by atoms with Crippen molar-refractivity contribution in [2.75, 3.05) is 0 Å². The average molecular weight is 877 g/mol. The first-order valence-corrected chi connectivity index (χ1v) is 15.5. The minimum Gasteiger partial charge on any atom is -0.274 e. The summed E-state index contributed by atoms with van der Waals surface area (Å²) in [6.07, 6.45) is 5.07. The maximum Gasteiger partial charge on any atom is 0.238 e. The number of halogens is 8. The molecule has 0 unspecified atom stereocenters. The molecule has 242 valence electrons. The molecule has 0 spiro atoms. The number of amides is 2. The summed E-state index contributed by atoms with van der Waals surface area (Å²) in [6.45, 7) is 0. The van der Waals surface area contributed by atoms with E-state index in [0.29, 0.717) is 33.7 Å². The van der Waals surface area contributed by atoms with Gasteiger partial charge in [-0.1, -0.05) is 0 Å². The summed E-state index contributed by atoms with van der Waals surface area (Å²) >= 11 is 3.73. The normalized spacial score (nSPS) is 12.7. The van der Waals surface area contributed by atoms with Crippen LogP contribution in [-0.4, -0.2) is 44.1 Å². The zero-order valence-electron chi connectivity index (χ0n) is 23.6. The van der Waals surface area contributed by atoms with Gasteiger partial charge >= 0.3 is 0 Å². The molecule has 1 aliphatic heterocycles. The predicted molar refractivity (Wildman–Crippen MR) is 172 cm³/mol. The Bertz CT molecular complexity index is 2110. The van der Waals surface area contributed by atoms with Gasteiger partial charge < -0.3 is 0 Å². The summed E-state index contributed by atoms with van der Waals surface area (Å²) in [4.78, 5) is 29.2. The molecule has 2 aromatic carbocycles. The van der Waals surface area contributed by atoms with Crippen molar-refractivity contribution in [1.82, 2.24) is 32.3 Å². The van der Waals surface area contributed by atoms with E-state index in [0.717, 1.165) is 32.9 Å². The molecule has 0 saturated carbocycles. The van der Waals surface area contributed by atoms with Gasteiger partial charge in [-0.15, -0.1) is 0 Å². The van der Waals surface area contributed by atoms with Crippen LogP contribution in [0, 0.1) is 38.6 Å². The summed E-state index contributed by atoms with van der Waals surface area (Å²) in [5, 5.41) is 8.13. The van der Waals surface area contributed by atoms with Crippen LogP contribution in [0.15, 0.2) is 67.1 Å². The lowest BCUT2D eigenvalue weighted by Gasteiger charge is -2.05. The quantitative estimate of drug-likeness (QED) is 0.0655. The Balaban J connectivity index is 0.000000150. The number of benzene rings is 2. The highest BCUT2D eigenvalue weighted by Gasteiger charge is 2.26. The van der Waals surface area contributed by atoms with Crippen LogP contribution in [0.5, 0.6) is 0 Å². The van der Waals surface area contributed by atoms with Crippen LogP contribution < -0.4 is 0 Å². The van der Waals surface area contributed by atoms with E-state index >= 15 is 0 Å². The van der Waals surface area contributed by atoms with Gasteiger partial charge in [0.1, 0.15) is 27.0 Å². The van der Waals surface area contributed by atoms with Crippen molar-refractivity contribution in [2.24, 2.45) is 0 Å². The summed E-state index contributed by atoms with van der Waals surface area (Å²) in [6, 6.07) is 10.4. The third-order valence-corrected chi connectivity index (χ3v) is 8.61. The number of hydrogen-bond acceptors (Lipinski definition) is 6. The van der Waals surface area contributed by atoms with Gasteiger partial charge in [0.15, 0.2) is 23.3 Å². The molecule has 1 aliphatic rings.